The van der Waals surface area contributed by atoms with Gasteiger partial charge in [0, 0.05) is 12.7 Å². The molecule has 2 N–H and O–H groups in total. The standard InChI is InChI=1S/C11H19N3O2S/c12-17(15,16)11-7-9-14(13-11)8-6-10-4-2-1-3-5-10/h7,9-10H,1-6,8H2,(H2,12,15,16). The Hall–Kier alpha value is -0.880. The molecule has 0 spiro atoms. The molecule has 0 unspecified atom stereocenters. The van der Waals surface area contributed by atoms with Gasteiger partial charge in [-0.05, 0) is 18.4 Å². The first-order chi connectivity index (χ1) is 8.05. The van der Waals surface area contributed by atoms with E-state index >= 15 is 0 Å². The normalized spacial score (nSPS) is 18.4. The summed E-state index contributed by atoms with van der Waals surface area (Å²) in [7, 11) is -3.66. The molecule has 0 saturated heterocycles. The molecule has 0 aromatic carbocycles. The second-order valence-corrected chi connectivity index (χ2v) is 6.26. The Morgan fingerprint density at radius 2 is 2.06 bits per heavy atom. The zero-order valence-electron chi connectivity index (χ0n) is 9.88. The SMILES string of the molecule is NS(=O)(=O)c1ccn(CCC2CCCCC2)n1. The highest BCUT2D eigenvalue weighted by molar-refractivity contribution is 7.89. The van der Waals surface area contributed by atoms with Gasteiger partial charge >= 0.3 is 0 Å². The molecular weight excluding hydrogens is 238 g/mol. The maximum Gasteiger partial charge on any atom is 0.257 e. The van der Waals surface area contributed by atoms with Crippen molar-refractivity contribution in [3.05, 3.63) is 12.3 Å². The van der Waals surface area contributed by atoms with Crippen molar-refractivity contribution >= 4 is 10.0 Å². The van der Waals surface area contributed by atoms with Gasteiger partial charge in [-0.1, -0.05) is 32.1 Å². The second-order valence-electron chi connectivity index (χ2n) is 4.75. The molecule has 0 aliphatic heterocycles. The van der Waals surface area contributed by atoms with Gasteiger partial charge in [0.15, 0.2) is 5.03 Å². The van der Waals surface area contributed by atoms with Crippen LogP contribution in [0.15, 0.2) is 17.3 Å². The van der Waals surface area contributed by atoms with Gasteiger partial charge in [0.1, 0.15) is 0 Å². The number of hydrogen-bond acceptors (Lipinski definition) is 3. The molecule has 1 aromatic rings. The van der Waals surface area contributed by atoms with Gasteiger partial charge < -0.3 is 0 Å². The van der Waals surface area contributed by atoms with Crippen LogP contribution < -0.4 is 5.14 Å². The van der Waals surface area contributed by atoms with E-state index in [0.717, 1.165) is 18.9 Å². The van der Waals surface area contributed by atoms with Gasteiger partial charge in [-0.3, -0.25) is 4.68 Å². The Bertz CT molecular complexity index is 461. The molecule has 1 saturated carbocycles. The Morgan fingerprint density at radius 3 is 2.65 bits per heavy atom. The highest BCUT2D eigenvalue weighted by atomic mass is 32.2. The van der Waals surface area contributed by atoms with E-state index in [1.165, 1.54) is 38.2 Å². The van der Waals surface area contributed by atoms with Crippen LogP contribution in [0.3, 0.4) is 0 Å². The molecule has 1 aliphatic rings. The molecule has 17 heavy (non-hydrogen) atoms. The number of nitrogens with zero attached hydrogens (tertiary/aromatic N) is 2. The Morgan fingerprint density at radius 1 is 1.35 bits per heavy atom. The predicted octanol–water partition coefficient (Wildman–Crippen LogP) is 1.50. The van der Waals surface area contributed by atoms with Crippen molar-refractivity contribution in [2.24, 2.45) is 11.1 Å². The predicted molar refractivity (Wildman–Crippen MR) is 64.8 cm³/mol. The van der Waals surface area contributed by atoms with Crippen LogP contribution in [0, 0.1) is 5.92 Å². The molecule has 0 radical (unpaired) electrons. The first-order valence-electron chi connectivity index (χ1n) is 6.12. The second kappa shape index (κ2) is 5.18. The molecule has 96 valence electrons. The van der Waals surface area contributed by atoms with Crippen LogP contribution in [0.25, 0.3) is 0 Å². The maximum absolute atomic E-state index is 11.1. The number of primary sulfonamides is 1. The van der Waals surface area contributed by atoms with Crippen LogP contribution in [0.1, 0.15) is 38.5 Å². The van der Waals surface area contributed by atoms with Crippen molar-refractivity contribution < 1.29 is 8.42 Å². The van der Waals surface area contributed by atoms with E-state index in [4.69, 9.17) is 5.14 Å². The maximum atomic E-state index is 11.1. The average Bonchev–Trinajstić information content (AvgIpc) is 2.76. The highest BCUT2D eigenvalue weighted by Crippen LogP contribution is 2.26. The zero-order valence-corrected chi connectivity index (χ0v) is 10.7. The van der Waals surface area contributed by atoms with Gasteiger partial charge in [0.05, 0.1) is 0 Å². The molecule has 0 atom stereocenters. The van der Waals surface area contributed by atoms with E-state index < -0.39 is 10.0 Å². The largest absolute Gasteiger partial charge is 0.271 e. The number of sulfonamides is 1. The van der Waals surface area contributed by atoms with Crippen LogP contribution >= 0.6 is 0 Å². The average molecular weight is 257 g/mol. The molecule has 6 heteroatoms. The minimum Gasteiger partial charge on any atom is -0.271 e. The van der Waals surface area contributed by atoms with E-state index in [1.54, 1.807) is 10.9 Å². The van der Waals surface area contributed by atoms with E-state index in [1.807, 2.05) is 0 Å². The fraction of sp³-hybridized carbons (Fsp3) is 0.727. The molecule has 0 bridgehead atoms. The fourth-order valence-electron chi connectivity index (χ4n) is 2.41. The summed E-state index contributed by atoms with van der Waals surface area (Å²) in [4.78, 5) is 0. The number of rotatable bonds is 4. The highest BCUT2D eigenvalue weighted by Gasteiger charge is 2.15. The van der Waals surface area contributed by atoms with E-state index in [0.29, 0.717) is 0 Å². The van der Waals surface area contributed by atoms with Crippen LogP contribution in [-0.4, -0.2) is 18.2 Å². The number of hydrogen-bond donors (Lipinski definition) is 1. The minimum absolute atomic E-state index is 0.0406. The Kier molecular flexibility index (Phi) is 3.83. The van der Waals surface area contributed by atoms with Crippen molar-refractivity contribution in [1.29, 1.82) is 0 Å². The quantitative estimate of drug-likeness (QED) is 0.887. The van der Waals surface area contributed by atoms with E-state index in [-0.39, 0.29) is 5.03 Å². The Balaban J connectivity index is 1.89. The van der Waals surface area contributed by atoms with Crippen molar-refractivity contribution in [3.8, 4) is 0 Å². The summed E-state index contributed by atoms with van der Waals surface area (Å²) in [5.74, 6) is 0.769. The van der Waals surface area contributed by atoms with Gasteiger partial charge in [-0.25, -0.2) is 13.6 Å². The third-order valence-electron chi connectivity index (χ3n) is 3.40. The van der Waals surface area contributed by atoms with E-state index in [9.17, 15) is 8.42 Å². The number of aryl methyl sites for hydroxylation is 1. The molecule has 1 heterocycles. The summed E-state index contributed by atoms with van der Waals surface area (Å²) < 4.78 is 23.8. The number of nitrogens with two attached hydrogens (primary N) is 1. The van der Waals surface area contributed by atoms with Gasteiger partial charge in [0.2, 0.25) is 0 Å². The van der Waals surface area contributed by atoms with Crippen molar-refractivity contribution in [3.63, 3.8) is 0 Å². The number of aromatic nitrogens is 2. The third-order valence-corrected chi connectivity index (χ3v) is 4.20. The molecular formula is C11H19N3O2S. The summed E-state index contributed by atoms with van der Waals surface area (Å²) in [6.07, 6.45) is 9.35. The first-order valence-corrected chi connectivity index (χ1v) is 7.66. The van der Waals surface area contributed by atoms with Gasteiger partial charge in [-0.15, -0.1) is 0 Å². The van der Waals surface area contributed by atoms with Crippen LogP contribution in [-0.2, 0) is 16.6 Å². The monoisotopic (exact) mass is 257 g/mol. The lowest BCUT2D eigenvalue weighted by Crippen LogP contribution is -2.14. The van der Waals surface area contributed by atoms with Crippen LogP contribution in [0.5, 0.6) is 0 Å². The fourth-order valence-corrected chi connectivity index (χ4v) is 2.88. The molecule has 0 amide bonds. The summed E-state index contributed by atoms with van der Waals surface area (Å²) in [5.41, 5.74) is 0. The van der Waals surface area contributed by atoms with Crippen molar-refractivity contribution in [1.82, 2.24) is 9.78 Å². The van der Waals surface area contributed by atoms with Gasteiger partial charge in [0.25, 0.3) is 10.0 Å². The lowest BCUT2D eigenvalue weighted by atomic mass is 9.87. The summed E-state index contributed by atoms with van der Waals surface area (Å²) >= 11 is 0. The van der Waals surface area contributed by atoms with E-state index in [2.05, 4.69) is 5.10 Å². The summed E-state index contributed by atoms with van der Waals surface area (Å²) in [5, 5.41) is 8.93. The lowest BCUT2D eigenvalue weighted by Gasteiger charge is -2.21. The molecule has 5 nitrogen and oxygen atoms in total. The molecule has 1 aliphatic carbocycles. The van der Waals surface area contributed by atoms with Crippen LogP contribution in [0.4, 0.5) is 0 Å². The minimum atomic E-state index is -3.66. The van der Waals surface area contributed by atoms with Crippen LogP contribution in [0.2, 0.25) is 0 Å². The lowest BCUT2D eigenvalue weighted by molar-refractivity contribution is 0.318. The summed E-state index contributed by atoms with van der Waals surface area (Å²) in [6, 6.07) is 1.45. The summed E-state index contributed by atoms with van der Waals surface area (Å²) in [6.45, 7) is 0.778. The Labute approximate surface area is 102 Å². The molecule has 1 aromatic heterocycles. The van der Waals surface area contributed by atoms with Crippen molar-refractivity contribution in [2.75, 3.05) is 0 Å². The van der Waals surface area contributed by atoms with Gasteiger partial charge in [-0.2, -0.15) is 5.10 Å². The topological polar surface area (TPSA) is 78.0 Å². The molecule has 1 fully saturated rings. The first kappa shape index (κ1) is 12.6. The zero-order chi connectivity index (χ0) is 12.3. The third kappa shape index (κ3) is 3.54. The smallest absolute Gasteiger partial charge is 0.257 e. The van der Waals surface area contributed by atoms with Crippen molar-refractivity contribution in [2.45, 2.75) is 50.1 Å². The molecule has 2 rings (SSSR count).